The van der Waals surface area contributed by atoms with E-state index < -0.39 is 5.82 Å². The molecular formula is C23H18BrFN4O2. The molecule has 1 aromatic heterocycles. The minimum absolute atomic E-state index is 0.159. The van der Waals surface area contributed by atoms with E-state index in [0.29, 0.717) is 39.4 Å². The molecule has 31 heavy (non-hydrogen) atoms. The van der Waals surface area contributed by atoms with Crippen LogP contribution in [-0.2, 0) is 0 Å². The molecule has 156 valence electrons. The third kappa shape index (κ3) is 4.49. The minimum Gasteiger partial charge on any atom is -0.463 e. The lowest BCUT2D eigenvalue weighted by Crippen LogP contribution is -2.12. The quantitative estimate of drug-likeness (QED) is 0.396. The van der Waals surface area contributed by atoms with E-state index in [2.05, 4.69) is 31.3 Å². The lowest BCUT2D eigenvalue weighted by molar-refractivity contribution is 0.102. The van der Waals surface area contributed by atoms with E-state index in [1.54, 1.807) is 54.6 Å². The molecular weight excluding hydrogens is 463 g/mol. The second kappa shape index (κ2) is 9.09. The van der Waals surface area contributed by atoms with Gasteiger partial charge in [-0.25, -0.2) is 9.07 Å². The van der Waals surface area contributed by atoms with Gasteiger partial charge in [0.1, 0.15) is 5.82 Å². The number of aromatic nitrogens is 3. The maximum atomic E-state index is 14.4. The van der Waals surface area contributed by atoms with Crippen LogP contribution >= 0.6 is 15.9 Å². The number of anilines is 1. The summed E-state index contributed by atoms with van der Waals surface area (Å²) in [5, 5.41) is 7.22. The zero-order chi connectivity index (χ0) is 21.8. The monoisotopic (exact) mass is 480 g/mol. The molecule has 0 atom stereocenters. The molecule has 0 saturated carbocycles. The van der Waals surface area contributed by atoms with Gasteiger partial charge in [0.15, 0.2) is 5.82 Å². The van der Waals surface area contributed by atoms with Crippen molar-refractivity contribution >= 4 is 27.5 Å². The molecule has 3 aromatic carbocycles. The third-order valence-corrected chi connectivity index (χ3v) is 5.16. The molecule has 4 rings (SSSR count). The second-order valence-electron chi connectivity index (χ2n) is 6.52. The number of nitrogens with zero attached hydrogens (tertiary/aromatic N) is 3. The second-order valence-corrected chi connectivity index (χ2v) is 7.38. The lowest BCUT2D eigenvalue weighted by Gasteiger charge is -2.09. The van der Waals surface area contributed by atoms with E-state index in [1.807, 2.05) is 19.1 Å². The first-order valence-electron chi connectivity index (χ1n) is 9.58. The average Bonchev–Trinajstić information content (AvgIpc) is 3.19. The van der Waals surface area contributed by atoms with Crippen LogP contribution in [0.3, 0.4) is 0 Å². The van der Waals surface area contributed by atoms with Crippen LogP contribution in [0.2, 0.25) is 0 Å². The Labute approximate surface area is 186 Å². The van der Waals surface area contributed by atoms with Gasteiger partial charge in [0.05, 0.1) is 23.4 Å². The number of halogens is 2. The number of hydrogen-bond acceptors (Lipinski definition) is 4. The Morgan fingerprint density at radius 2 is 1.77 bits per heavy atom. The zero-order valence-electron chi connectivity index (χ0n) is 16.5. The molecule has 0 unspecified atom stereocenters. The number of hydrogen-bond donors (Lipinski definition) is 1. The number of amides is 1. The first-order valence-corrected chi connectivity index (χ1v) is 10.4. The van der Waals surface area contributed by atoms with E-state index in [4.69, 9.17) is 4.74 Å². The lowest BCUT2D eigenvalue weighted by atomic mass is 10.2. The van der Waals surface area contributed by atoms with Crippen LogP contribution in [0.5, 0.6) is 6.01 Å². The van der Waals surface area contributed by atoms with E-state index in [0.717, 1.165) is 0 Å². The van der Waals surface area contributed by atoms with Crippen LogP contribution in [0.15, 0.2) is 77.3 Å². The standard InChI is InChI=1S/C23H18BrFN4O2/c1-2-31-23-27-21(18-8-4-6-10-20(18)25)29(28-23)16-13-11-15(12-14-16)26-22(30)17-7-3-5-9-19(17)24/h3-14H,2H2,1H3,(H,26,30). The Balaban J connectivity index is 1.64. The Hall–Kier alpha value is -3.52. The van der Waals surface area contributed by atoms with Gasteiger partial charge < -0.3 is 10.1 Å². The summed E-state index contributed by atoms with van der Waals surface area (Å²) in [5.74, 6) is -0.310. The highest BCUT2D eigenvalue weighted by atomic mass is 79.9. The van der Waals surface area contributed by atoms with Crippen molar-refractivity contribution in [3.05, 3.63) is 88.6 Å². The van der Waals surface area contributed by atoms with Crippen LogP contribution in [0, 0.1) is 5.82 Å². The fraction of sp³-hybridized carbons (Fsp3) is 0.0870. The van der Waals surface area contributed by atoms with Crippen molar-refractivity contribution in [1.29, 1.82) is 0 Å². The molecule has 0 fully saturated rings. The first kappa shape index (κ1) is 20.7. The van der Waals surface area contributed by atoms with Gasteiger partial charge in [0, 0.05) is 10.2 Å². The summed E-state index contributed by atoms with van der Waals surface area (Å²) in [6.45, 7) is 2.22. The summed E-state index contributed by atoms with van der Waals surface area (Å²) in [5.41, 5.74) is 2.11. The highest BCUT2D eigenvalue weighted by Crippen LogP contribution is 2.26. The van der Waals surface area contributed by atoms with E-state index >= 15 is 0 Å². The molecule has 1 N–H and O–H groups in total. The van der Waals surface area contributed by atoms with Crippen molar-refractivity contribution in [2.75, 3.05) is 11.9 Å². The molecule has 0 saturated heterocycles. The zero-order valence-corrected chi connectivity index (χ0v) is 18.1. The van der Waals surface area contributed by atoms with Crippen molar-refractivity contribution in [3.63, 3.8) is 0 Å². The van der Waals surface area contributed by atoms with Gasteiger partial charge in [0.2, 0.25) is 0 Å². The highest BCUT2D eigenvalue weighted by Gasteiger charge is 2.17. The summed E-state index contributed by atoms with van der Waals surface area (Å²) < 4.78 is 22.0. The number of nitrogens with one attached hydrogen (secondary N) is 1. The van der Waals surface area contributed by atoms with Crippen molar-refractivity contribution in [1.82, 2.24) is 14.8 Å². The number of benzene rings is 3. The highest BCUT2D eigenvalue weighted by molar-refractivity contribution is 9.10. The Morgan fingerprint density at radius 3 is 2.48 bits per heavy atom. The van der Waals surface area contributed by atoms with Crippen molar-refractivity contribution in [2.24, 2.45) is 0 Å². The molecule has 6 nitrogen and oxygen atoms in total. The van der Waals surface area contributed by atoms with Crippen molar-refractivity contribution in [2.45, 2.75) is 6.92 Å². The van der Waals surface area contributed by atoms with Crippen LogP contribution in [0.1, 0.15) is 17.3 Å². The molecule has 1 amide bonds. The molecule has 8 heteroatoms. The maximum absolute atomic E-state index is 14.4. The largest absolute Gasteiger partial charge is 0.463 e. The van der Waals surface area contributed by atoms with Crippen LogP contribution < -0.4 is 10.1 Å². The number of ether oxygens (including phenoxy) is 1. The predicted octanol–water partition coefficient (Wildman–Crippen LogP) is 5.49. The normalized spacial score (nSPS) is 10.7. The Morgan fingerprint density at radius 1 is 1.06 bits per heavy atom. The Bertz CT molecular complexity index is 1220. The average molecular weight is 481 g/mol. The molecule has 0 aliphatic rings. The minimum atomic E-state index is -0.406. The van der Waals surface area contributed by atoms with Crippen molar-refractivity contribution < 1.29 is 13.9 Å². The summed E-state index contributed by atoms with van der Waals surface area (Å²) >= 11 is 3.38. The molecule has 0 radical (unpaired) electrons. The molecule has 1 heterocycles. The fourth-order valence-electron chi connectivity index (χ4n) is 3.01. The van der Waals surface area contributed by atoms with Gasteiger partial charge in [-0.2, -0.15) is 4.98 Å². The van der Waals surface area contributed by atoms with E-state index in [1.165, 1.54) is 10.7 Å². The van der Waals surface area contributed by atoms with Crippen LogP contribution in [0.4, 0.5) is 10.1 Å². The maximum Gasteiger partial charge on any atom is 0.336 e. The molecule has 0 spiro atoms. The van der Waals surface area contributed by atoms with Crippen LogP contribution in [-0.4, -0.2) is 27.3 Å². The van der Waals surface area contributed by atoms with Gasteiger partial charge in [-0.05, 0) is 71.4 Å². The number of carbonyl (C=O) groups is 1. The number of carbonyl (C=O) groups excluding carboxylic acids is 1. The molecule has 0 bridgehead atoms. The topological polar surface area (TPSA) is 69.0 Å². The van der Waals surface area contributed by atoms with Gasteiger partial charge in [0.25, 0.3) is 5.91 Å². The summed E-state index contributed by atoms with van der Waals surface area (Å²) in [7, 11) is 0. The third-order valence-electron chi connectivity index (χ3n) is 4.46. The van der Waals surface area contributed by atoms with E-state index in [9.17, 15) is 9.18 Å². The van der Waals surface area contributed by atoms with Crippen molar-refractivity contribution in [3.8, 4) is 23.1 Å². The first-order chi connectivity index (χ1) is 15.1. The number of rotatable bonds is 6. The summed E-state index contributed by atoms with van der Waals surface area (Å²) in [4.78, 5) is 16.9. The van der Waals surface area contributed by atoms with E-state index in [-0.39, 0.29) is 11.9 Å². The Kier molecular flexibility index (Phi) is 6.08. The van der Waals surface area contributed by atoms with Gasteiger partial charge in [-0.1, -0.05) is 24.3 Å². The molecule has 0 aliphatic carbocycles. The summed E-state index contributed by atoms with van der Waals surface area (Å²) in [6.07, 6.45) is 0. The molecule has 4 aromatic rings. The fourth-order valence-corrected chi connectivity index (χ4v) is 3.47. The SMILES string of the molecule is CCOc1nc(-c2ccccc2F)n(-c2ccc(NC(=O)c3ccccc3Br)cc2)n1. The smallest absolute Gasteiger partial charge is 0.336 e. The van der Waals surface area contributed by atoms with Gasteiger partial charge in [-0.15, -0.1) is 5.10 Å². The van der Waals surface area contributed by atoms with Gasteiger partial charge >= 0.3 is 6.01 Å². The summed E-state index contributed by atoms with van der Waals surface area (Å²) in [6, 6.07) is 20.7. The predicted molar refractivity (Wildman–Crippen MR) is 120 cm³/mol. The molecule has 0 aliphatic heterocycles. The van der Waals surface area contributed by atoms with Gasteiger partial charge in [-0.3, -0.25) is 4.79 Å². The van der Waals surface area contributed by atoms with Crippen LogP contribution in [0.25, 0.3) is 17.1 Å².